The number of likely N-dealkylation sites (N-methyl/N-ethyl adjacent to an activating group) is 1. The lowest BCUT2D eigenvalue weighted by atomic mass is 10.1. The minimum atomic E-state index is -0.795. The number of nitrogens with one attached hydrogen (secondary N) is 1. The van der Waals surface area contributed by atoms with Crippen LogP contribution in [0.4, 0.5) is 5.69 Å². The quantitative estimate of drug-likeness (QED) is 0.608. The van der Waals surface area contributed by atoms with Crippen LogP contribution in [-0.2, 0) is 16.1 Å². The summed E-state index contributed by atoms with van der Waals surface area (Å²) in [5.74, 6) is -1.16. The van der Waals surface area contributed by atoms with E-state index in [-0.39, 0.29) is 18.2 Å². The summed E-state index contributed by atoms with van der Waals surface area (Å²) in [6.07, 6.45) is 1.52. The molecule has 29 heavy (non-hydrogen) atoms. The van der Waals surface area contributed by atoms with Crippen molar-refractivity contribution >= 4 is 23.5 Å². The lowest BCUT2D eigenvalue weighted by molar-refractivity contribution is -0.121. The predicted octanol–water partition coefficient (Wildman–Crippen LogP) is 2.33. The fraction of sp³-hybridized carbons (Fsp3) is 0.200. The second kappa shape index (κ2) is 8.87. The van der Waals surface area contributed by atoms with Gasteiger partial charge in [0, 0.05) is 13.1 Å². The van der Waals surface area contributed by atoms with Gasteiger partial charge in [0.15, 0.2) is 6.61 Å². The molecule has 2 aromatic heterocycles. The first-order chi connectivity index (χ1) is 14.0. The first-order valence-electron chi connectivity index (χ1n) is 8.72. The molecule has 0 aliphatic rings. The zero-order valence-corrected chi connectivity index (χ0v) is 15.9. The number of benzene rings is 1. The summed E-state index contributed by atoms with van der Waals surface area (Å²) in [4.78, 5) is 38.2. The number of amides is 2. The van der Waals surface area contributed by atoms with Gasteiger partial charge in [-0.25, -0.2) is 4.79 Å². The van der Waals surface area contributed by atoms with Gasteiger partial charge in [0.2, 0.25) is 5.76 Å². The maximum absolute atomic E-state index is 12.5. The molecule has 0 atom stereocenters. The number of hydrogen-bond acceptors (Lipinski definition) is 7. The molecule has 0 fully saturated rings. The van der Waals surface area contributed by atoms with Gasteiger partial charge in [-0.2, -0.15) is 0 Å². The van der Waals surface area contributed by atoms with Gasteiger partial charge < -0.3 is 23.9 Å². The van der Waals surface area contributed by atoms with Crippen molar-refractivity contribution in [2.24, 2.45) is 0 Å². The van der Waals surface area contributed by atoms with Crippen molar-refractivity contribution in [2.75, 3.05) is 18.6 Å². The van der Waals surface area contributed by atoms with Crippen molar-refractivity contribution in [1.29, 1.82) is 0 Å². The Morgan fingerprint density at radius 3 is 2.66 bits per heavy atom. The Hall–Kier alpha value is -3.88. The Balaban J connectivity index is 1.63. The third-order valence-electron chi connectivity index (χ3n) is 4.04. The molecule has 9 heteroatoms. The van der Waals surface area contributed by atoms with E-state index in [1.165, 1.54) is 24.3 Å². The van der Waals surface area contributed by atoms with Crippen LogP contribution in [-0.4, -0.2) is 36.6 Å². The van der Waals surface area contributed by atoms with Gasteiger partial charge in [0.1, 0.15) is 5.76 Å². The highest BCUT2D eigenvalue weighted by Gasteiger charge is 2.21. The number of nitrogens with zero attached hydrogens (tertiary/aromatic N) is 2. The highest BCUT2D eigenvalue weighted by Crippen LogP contribution is 2.20. The van der Waals surface area contributed by atoms with E-state index in [1.54, 1.807) is 43.3 Å². The van der Waals surface area contributed by atoms with Crippen LogP contribution < -0.4 is 10.2 Å². The van der Waals surface area contributed by atoms with Crippen LogP contribution in [0.5, 0.6) is 0 Å². The molecule has 3 rings (SSSR count). The maximum atomic E-state index is 12.5. The molecule has 0 bridgehead atoms. The molecule has 2 heterocycles. The Kier molecular flexibility index (Phi) is 6.08. The largest absolute Gasteiger partial charge is 0.467 e. The highest BCUT2D eigenvalue weighted by molar-refractivity contribution is 6.05. The molecule has 0 aliphatic carbocycles. The Morgan fingerprint density at radius 1 is 1.17 bits per heavy atom. The molecule has 1 aromatic carbocycles. The average molecular weight is 397 g/mol. The summed E-state index contributed by atoms with van der Waals surface area (Å²) in [5, 5.41) is 6.33. The van der Waals surface area contributed by atoms with E-state index in [4.69, 9.17) is 13.7 Å². The van der Waals surface area contributed by atoms with E-state index in [1.807, 2.05) is 0 Å². The van der Waals surface area contributed by atoms with E-state index < -0.39 is 18.5 Å². The summed E-state index contributed by atoms with van der Waals surface area (Å²) in [6.45, 7) is 1.36. The van der Waals surface area contributed by atoms with Crippen LogP contribution in [0, 0.1) is 6.92 Å². The number of esters is 1. The maximum Gasteiger partial charge on any atom is 0.377 e. The number of carbonyl (C=O) groups is 3. The van der Waals surface area contributed by atoms with Crippen molar-refractivity contribution in [3.63, 3.8) is 0 Å². The van der Waals surface area contributed by atoms with Crippen LogP contribution in [0.3, 0.4) is 0 Å². The lowest BCUT2D eigenvalue weighted by Crippen LogP contribution is -2.33. The monoisotopic (exact) mass is 397 g/mol. The van der Waals surface area contributed by atoms with Crippen molar-refractivity contribution in [3.05, 3.63) is 71.5 Å². The van der Waals surface area contributed by atoms with Crippen LogP contribution >= 0.6 is 0 Å². The number of para-hydroxylation sites is 1. The molecule has 0 saturated carbocycles. The zero-order valence-electron chi connectivity index (χ0n) is 15.9. The minimum Gasteiger partial charge on any atom is -0.467 e. The number of carbonyl (C=O) groups excluding carboxylic acids is 3. The average Bonchev–Trinajstić information content (AvgIpc) is 3.41. The van der Waals surface area contributed by atoms with Crippen LogP contribution in [0.15, 0.2) is 57.7 Å². The van der Waals surface area contributed by atoms with E-state index in [0.717, 1.165) is 0 Å². The van der Waals surface area contributed by atoms with Gasteiger partial charge in [-0.05, 0) is 31.2 Å². The van der Waals surface area contributed by atoms with E-state index in [0.29, 0.717) is 22.7 Å². The van der Waals surface area contributed by atoms with Gasteiger partial charge in [0.05, 0.1) is 29.8 Å². The number of anilines is 1. The fourth-order valence-electron chi connectivity index (χ4n) is 2.52. The van der Waals surface area contributed by atoms with Crippen LogP contribution in [0.1, 0.15) is 32.4 Å². The topological polar surface area (TPSA) is 115 Å². The number of rotatable bonds is 7. The second-order valence-corrected chi connectivity index (χ2v) is 6.14. The molecule has 1 N–H and O–H groups in total. The van der Waals surface area contributed by atoms with Crippen molar-refractivity contribution < 1.29 is 28.1 Å². The van der Waals surface area contributed by atoms with Crippen molar-refractivity contribution in [1.82, 2.24) is 10.5 Å². The second-order valence-electron chi connectivity index (χ2n) is 6.14. The molecule has 2 amide bonds. The van der Waals surface area contributed by atoms with Crippen LogP contribution in [0.25, 0.3) is 0 Å². The van der Waals surface area contributed by atoms with Crippen LogP contribution in [0.2, 0.25) is 0 Å². The fourth-order valence-corrected chi connectivity index (χ4v) is 2.52. The Bertz CT molecular complexity index is 1010. The van der Waals surface area contributed by atoms with E-state index in [9.17, 15) is 14.4 Å². The standard InChI is InChI=1S/C20H19N3O6/c1-13-10-17(29-22-13)20(26)28-12-18(24)23(2)16-8-4-3-7-15(16)19(25)21-11-14-6-5-9-27-14/h3-10H,11-12H2,1-2H3,(H,21,25). The van der Waals surface area contributed by atoms with Crippen molar-refractivity contribution in [3.8, 4) is 0 Å². The summed E-state index contributed by atoms with van der Waals surface area (Å²) < 4.78 is 15.0. The molecule has 3 aromatic rings. The first-order valence-corrected chi connectivity index (χ1v) is 8.72. The summed E-state index contributed by atoms with van der Waals surface area (Å²) in [6, 6.07) is 11.5. The highest BCUT2D eigenvalue weighted by atomic mass is 16.6. The molecular formula is C20H19N3O6. The van der Waals surface area contributed by atoms with Gasteiger partial charge in [0.25, 0.3) is 11.8 Å². The molecule has 9 nitrogen and oxygen atoms in total. The molecule has 0 unspecified atom stereocenters. The van der Waals surface area contributed by atoms with Gasteiger partial charge in [-0.3, -0.25) is 9.59 Å². The molecule has 0 saturated heterocycles. The molecule has 0 spiro atoms. The Morgan fingerprint density at radius 2 is 1.97 bits per heavy atom. The van der Waals surface area contributed by atoms with E-state index in [2.05, 4.69) is 10.5 Å². The summed E-state index contributed by atoms with van der Waals surface area (Å²) in [5.41, 5.74) is 1.20. The number of ether oxygens (including phenoxy) is 1. The predicted molar refractivity (Wildman–Crippen MR) is 101 cm³/mol. The van der Waals surface area contributed by atoms with Gasteiger partial charge >= 0.3 is 5.97 Å². The SMILES string of the molecule is Cc1cc(C(=O)OCC(=O)N(C)c2ccccc2C(=O)NCc2ccco2)on1. The molecular weight excluding hydrogens is 378 g/mol. The number of aromatic nitrogens is 1. The number of aryl methyl sites for hydroxylation is 1. The number of furan rings is 1. The smallest absolute Gasteiger partial charge is 0.377 e. The molecule has 0 aliphatic heterocycles. The summed E-state index contributed by atoms with van der Waals surface area (Å²) in [7, 11) is 1.49. The summed E-state index contributed by atoms with van der Waals surface area (Å²) >= 11 is 0. The first kappa shape index (κ1) is 19.9. The van der Waals surface area contributed by atoms with Crippen molar-refractivity contribution in [2.45, 2.75) is 13.5 Å². The molecule has 0 radical (unpaired) electrons. The zero-order chi connectivity index (χ0) is 20.8. The van der Waals surface area contributed by atoms with Gasteiger partial charge in [-0.1, -0.05) is 17.3 Å². The number of hydrogen-bond donors (Lipinski definition) is 1. The normalized spacial score (nSPS) is 10.4. The lowest BCUT2D eigenvalue weighted by Gasteiger charge is -2.20. The Labute approximate surface area is 166 Å². The third kappa shape index (κ3) is 4.89. The molecule has 150 valence electrons. The van der Waals surface area contributed by atoms with Gasteiger partial charge in [-0.15, -0.1) is 0 Å². The van der Waals surface area contributed by atoms with E-state index >= 15 is 0 Å². The minimum absolute atomic E-state index is 0.0874. The third-order valence-corrected chi connectivity index (χ3v) is 4.04.